The molecule has 0 aliphatic carbocycles. The van der Waals surface area contributed by atoms with E-state index in [0.717, 1.165) is 35.3 Å². The molecule has 2 rings (SSSR count). The average Bonchev–Trinajstić information content (AvgIpc) is 2.52. The summed E-state index contributed by atoms with van der Waals surface area (Å²) in [6.45, 7) is 3.90. The number of rotatable bonds is 3. The summed E-state index contributed by atoms with van der Waals surface area (Å²) in [6, 6.07) is 5.99. The van der Waals surface area contributed by atoms with Crippen LogP contribution < -0.4 is 0 Å². The van der Waals surface area contributed by atoms with E-state index >= 15 is 0 Å². The van der Waals surface area contributed by atoms with E-state index in [4.69, 9.17) is 0 Å². The Morgan fingerprint density at radius 1 is 1.53 bits per heavy atom. The molecular weight excluding hydrogens is 274 g/mol. The lowest BCUT2D eigenvalue weighted by Gasteiger charge is -2.15. The quantitative estimate of drug-likeness (QED) is 0.799. The first-order valence-electron chi connectivity index (χ1n) is 5.17. The molecule has 0 saturated heterocycles. The van der Waals surface area contributed by atoms with Crippen LogP contribution in [0.4, 0.5) is 0 Å². The summed E-state index contributed by atoms with van der Waals surface area (Å²) in [5.74, 6) is 0. The Hall–Kier alpha value is -0.0300. The molecule has 0 amide bonds. The third-order valence-corrected chi connectivity index (χ3v) is 4.60. The highest BCUT2D eigenvalue weighted by Gasteiger charge is 2.33. The first kappa shape index (κ1) is 11.5. The monoisotopic (exact) mass is 287 g/mol. The summed E-state index contributed by atoms with van der Waals surface area (Å²) >= 11 is 2.51. The SMILES string of the molecule is CCCCN1Cc2cc(Br)ccc2[S+]1[O-]. The fourth-order valence-corrected chi connectivity index (χ4v) is 3.50. The molecule has 1 heterocycles. The van der Waals surface area contributed by atoms with Crippen molar-refractivity contribution in [2.45, 2.75) is 31.2 Å². The van der Waals surface area contributed by atoms with Crippen LogP contribution in [0.15, 0.2) is 27.6 Å². The van der Waals surface area contributed by atoms with Gasteiger partial charge in [-0.1, -0.05) is 29.3 Å². The summed E-state index contributed by atoms with van der Waals surface area (Å²) in [6.07, 6.45) is 2.26. The molecule has 0 radical (unpaired) electrons. The highest BCUT2D eigenvalue weighted by atomic mass is 79.9. The predicted octanol–water partition coefficient (Wildman–Crippen LogP) is 3.09. The van der Waals surface area contributed by atoms with Crippen LogP contribution in [-0.4, -0.2) is 15.4 Å². The van der Waals surface area contributed by atoms with E-state index < -0.39 is 11.4 Å². The van der Waals surface area contributed by atoms with Crippen molar-refractivity contribution in [3.05, 3.63) is 28.2 Å². The summed E-state index contributed by atoms with van der Waals surface area (Å²) in [5, 5.41) is 0. The van der Waals surface area contributed by atoms with Crippen molar-refractivity contribution in [3.8, 4) is 0 Å². The van der Waals surface area contributed by atoms with Crippen LogP contribution in [0.5, 0.6) is 0 Å². The van der Waals surface area contributed by atoms with E-state index in [2.05, 4.69) is 28.9 Å². The first-order chi connectivity index (χ1) is 7.22. The summed E-state index contributed by atoms with van der Waals surface area (Å²) in [7, 11) is 0. The summed E-state index contributed by atoms with van der Waals surface area (Å²) < 4.78 is 15.1. The maximum atomic E-state index is 12.0. The second-order valence-corrected chi connectivity index (χ2v) is 6.09. The third kappa shape index (κ3) is 2.38. The van der Waals surface area contributed by atoms with Crippen LogP contribution in [0.2, 0.25) is 0 Å². The van der Waals surface area contributed by atoms with Gasteiger partial charge >= 0.3 is 0 Å². The minimum Gasteiger partial charge on any atom is -0.593 e. The van der Waals surface area contributed by atoms with Crippen LogP contribution in [0.25, 0.3) is 0 Å². The van der Waals surface area contributed by atoms with E-state index in [0.29, 0.717) is 0 Å². The second-order valence-electron chi connectivity index (χ2n) is 3.72. The smallest absolute Gasteiger partial charge is 0.178 e. The zero-order valence-corrected chi connectivity index (χ0v) is 11.1. The van der Waals surface area contributed by atoms with Gasteiger partial charge in [-0.3, -0.25) is 0 Å². The van der Waals surface area contributed by atoms with E-state index in [9.17, 15) is 4.55 Å². The molecule has 1 aromatic carbocycles. The number of benzene rings is 1. The molecule has 1 aromatic rings. The van der Waals surface area contributed by atoms with E-state index in [1.54, 1.807) is 0 Å². The molecule has 4 heteroatoms. The Morgan fingerprint density at radius 3 is 3.07 bits per heavy atom. The number of unbranched alkanes of at least 4 members (excludes halogenated alkanes) is 1. The number of hydrogen-bond donors (Lipinski definition) is 0. The zero-order chi connectivity index (χ0) is 10.8. The molecule has 0 fully saturated rings. The molecule has 1 unspecified atom stereocenters. The van der Waals surface area contributed by atoms with Gasteiger partial charge < -0.3 is 4.55 Å². The molecule has 1 aliphatic rings. The highest BCUT2D eigenvalue weighted by molar-refractivity contribution is 9.10. The lowest BCUT2D eigenvalue weighted by Crippen LogP contribution is -2.25. The fraction of sp³-hybridized carbons (Fsp3) is 0.455. The van der Waals surface area contributed by atoms with Crippen molar-refractivity contribution < 1.29 is 4.55 Å². The fourth-order valence-electron chi connectivity index (χ4n) is 1.73. The maximum Gasteiger partial charge on any atom is 0.178 e. The Kier molecular flexibility index (Phi) is 3.72. The normalized spacial score (nSPS) is 20.6. The summed E-state index contributed by atoms with van der Waals surface area (Å²) in [4.78, 5) is 0.981. The Bertz CT molecular complexity index is 358. The molecule has 1 atom stereocenters. The van der Waals surface area contributed by atoms with Gasteiger partial charge in [0.2, 0.25) is 0 Å². The average molecular weight is 288 g/mol. The molecule has 0 bridgehead atoms. The molecular formula is C11H14BrNOS. The maximum absolute atomic E-state index is 12.0. The molecule has 82 valence electrons. The lowest BCUT2D eigenvalue weighted by molar-refractivity contribution is 0.415. The van der Waals surface area contributed by atoms with Crippen molar-refractivity contribution in [2.75, 3.05) is 6.54 Å². The number of fused-ring (bicyclic) bond motifs is 1. The molecule has 15 heavy (non-hydrogen) atoms. The van der Waals surface area contributed by atoms with Gasteiger partial charge in [0.25, 0.3) is 0 Å². The van der Waals surface area contributed by atoms with Gasteiger partial charge in [-0.2, -0.15) is 0 Å². The molecule has 2 nitrogen and oxygen atoms in total. The highest BCUT2D eigenvalue weighted by Crippen LogP contribution is 2.32. The van der Waals surface area contributed by atoms with E-state index in [1.807, 2.05) is 16.4 Å². The lowest BCUT2D eigenvalue weighted by atomic mass is 10.2. The van der Waals surface area contributed by atoms with Crippen LogP contribution in [0.3, 0.4) is 0 Å². The largest absolute Gasteiger partial charge is 0.593 e. The minimum absolute atomic E-state index is 0.821. The third-order valence-electron chi connectivity index (χ3n) is 2.55. The minimum atomic E-state index is -0.933. The van der Waals surface area contributed by atoms with Crippen molar-refractivity contribution in [3.63, 3.8) is 0 Å². The van der Waals surface area contributed by atoms with E-state index in [1.165, 1.54) is 5.56 Å². The van der Waals surface area contributed by atoms with Crippen LogP contribution in [-0.2, 0) is 17.9 Å². The van der Waals surface area contributed by atoms with Gasteiger partial charge in [0.15, 0.2) is 4.90 Å². The van der Waals surface area contributed by atoms with E-state index in [-0.39, 0.29) is 0 Å². The Balaban J connectivity index is 2.14. The molecule has 0 spiro atoms. The van der Waals surface area contributed by atoms with Crippen molar-refractivity contribution in [1.29, 1.82) is 0 Å². The predicted molar refractivity (Wildman–Crippen MR) is 65.9 cm³/mol. The molecule has 0 saturated carbocycles. The van der Waals surface area contributed by atoms with Crippen molar-refractivity contribution >= 4 is 27.3 Å². The standard InChI is InChI=1S/C11H14BrNOS/c1-2-3-6-13-8-9-7-10(12)4-5-11(9)15(13)14/h4-5,7H,2-3,6,8H2,1H3. The molecule has 0 N–H and O–H groups in total. The topological polar surface area (TPSA) is 26.3 Å². The van der Waals surface area contributed by atoms with Gasteiger partial charge in [-0.05, 0) is 24.6 Å². The zero-order valence-electron chi connectivity index (χ0n) is 8.70. The number of halogens is 1. The van der Waals surface area contributed by atoms with Gasteiger partial charge in [0, 0.05) is 16.6 Å². The van der Waals surface area contributed by atoms with Gasteiger partial charge in [-0.15, -0.1) is 4.31 Å². The second kappa shape index (κ2) is 4.87. The van der Waals surface area contributed by atoms with Crippen LogP contribution in [0, 0.1) is 0 Å². The summed E-state index contributed by atoms with van der Waals surface area (Å²) in [5.41, 5.74) is 1.19. The first-order valence-corrected chi connectivity index (χ1v) is 7.07. The number of hydrogen-bond acceptors (Lipinski definition) is 2. The van der Waals surface area contributed by atoms with Crippen LogP contribution >= 0.6 is 15.9 Å². The number of nitrogens with zero attached hydrogens (tertiary/aromatic N) is 1. The molecule has 0 aromatic heterocycles. The Morgan fingerprint density at radius 2 is 2.33 bits per heavy atom. The van der Waals surface area contributed by atoms with Gasteiger partial charge in [0.05, 0.1) is 17.9 Å². The Labute approximate surface area is 102 Å². The van der Waals surface area contributed by atoms with Gasteiger partial charge in [0.1, 0.15) is 0 Å². The van der Waals surface area contributed by atoms with Crippen LogP contribution in [0.1, 0.15) is 25.3 Å². The molecule has 1 aliphatic heterocycles. The van der Waals surface area contributed by atoms with Gasteiger partial charge in [-0.25, -0.2) is 0 Å². The van der Waals surface area contributed by atoms with Crippen molar-refractivity contribution in [1.82, 2.24) is 4.31 Å². The van der Waals surface area contributed by atoms with Crippen molar-refractivity contribution in [2.24, 2.45) is 0 Å².